The average Bonchev–Trinajstić information content (AvgIpc) is 2.42. The van der Waals surface area contributed by atoms with Crippen molar-refractivity contribution in [2.24, 2.45) is 5.73 Å². The van der Waals surface area contributed by atoms with E-state index in [-0.39, 0.29) is 17.6 Å². The second-order valence-electron chi connectivity index (χ2n) is 4.66. The molecule has 2 aromatic rings. The Hall–Kier alpha value is -1.14. The molecular weight excluding hydrogens is 368 g/mol. The normalized spacial score (nSPS) is 12.2. The predicted molar refractivity (Wildman–Crippen MR) is 87.6 cm³/mol. The van der Waals surface area contributed by atoms with E-state index in [1.54, 1.807) is 6.07 Å². The molecular formula is C16H17FINO. The smallest absolute Gasteiger partial charge is 0.166 e. The van der Waals surface area contributed by atoms with Gasteiger partial charge in [-0.2, -0.15) is 0 Å². The number of hydrogen-bond donors (Lipinski definition) is 1. The molecule has 2 rings (SSSR count). The Morgan fingerprint density at radius 2 is 2.00 bits per heavy atom. The number of halogens is 2. The third kappa shape index (κ3) is 3.93. The maximum atomic E-state index is 14.0. The lowest BCUT2D eigenvalue weighted by atomic mass is 10.0. The van der Waals surface area contributed by atoms with Crippen LogP contribution in [0.3, 0.4) is 0 Å². The molecule has 0 aliphatic carbocycles. The third-order valence-corrected chi connectivity index (χ3v) is 3.74. The summed E-state index contributed by atoms with van der Waals surface area (Å²) in [4.78, 5) is 0. The van der Waals surface area contributed by atoms with E-state index in [4.69, 9.17) is 10.5 Å². The van der Waals surface area contributed by atoms with E-state index in [2.05, 4.69) is 22.6 Å². The van der Waals surface area contributed by atoms with Gasteiger partial charge >= 0.3 is 0 Å². The number of ether oxygens (including phenoxy) is 1. The first-order chi connectivity index (χ1) is 9.60. The summed E-state index contributed by atoms with van der Waals surface area (Å²) in [6.45, 7) is 2.02. The first-order valence-electron chi connectivity index (χ1n) is 6.56. The molecule has 2 aromatic carbocycles. The highest BCUT2D eigenvalue weighted by Crippen LogP contribution is 2.30. The minimum absolute atomic E-state index is 0.00931. The van der Waals surface area contributed by atoms with E-state index in [1.165, 1.54) is 6.07 Å². The third-order valence-electron chi connectivity index (χ3n) is 3.07. The minimum atomic E-state index is -0.357. The highest BCUT2D eigenvalue weighted by molar-refractivity contribution is 14.1. The van der Waals surface area contributed by atoms with Crippen molar-refractivity contribution in [1.82, 2.24) is 0 Å². The van der Waals surface area contributed by atoms with Gasteiger partial charge in [-0.05, 0) is 65.3 Å². The summed E-state index contributed by atoms with van der Waals surface area (Å²) in [5.41, 5.74) is 6.77. The van der Waals surface area contributed by atoms with Crippen LogP contribution in [0.4, 0.5) is 4.39 Å². The molecule has 20 heavy (non-hydrogen) atoms. The molecule has 0 aliphatic heterocycles. The van der Waals surface area contributed by atoms with E-state index in [9.17, 15) is 4.39 Å². The van der Waals surface area contributed by atoms with Crippen LogP contribution in [0.25, 0.3) is 0 Å². The van der Waals surface area contributed by atoms with Crippen molar-refractivity contribution in [3.63, 3.8) is 0 Å². The van der Waals surface area contributed by atoms with Gasteiger partial charge in [0.15, 0.2) is 11.6 Å². The maximum Gasteiger partial charge on any atom is 0.166 e. The Morgan fingerprint density at radius 3 is 2.70 bits per heavy atom. The number of para-hydroxylation sites is 1. The molecule has 0 heterocycles. The van der Waals surface area contributed by atoms with Crippen molar-refractivity contribution in [3.05, 3.63) is 57.4 Å². The van der Waals surface area contributed by atoms with Crippen LogP contribution in [0.5, 0.6) is 11.5 Å². The number of nitrogens with two attached hydrogens (primary N) is 1. The topological polar surface area (TPSA) is 35.2 Å². The van der Waals surface area contributed by atoms with Gasteiger partial charge in [-0.15, -0.1) is 0 Å². The van der Waals surface area contributed by atoms with Crippen LogP contribution in [0, 0.1) is 9.39 Å². The Kier molecular flexibility index (Phi) is 5.37. The maximum absolute atomic E-state index is 14.0. The van der Waals surface area contributed by atoms with Crippen LogP contribution in [0.2, 0.25) is 0 Å². The Morgan fingerprint density at radius 1 is 1.25 bits per heavy atom. The molecule has 1 unspecified atom stereocenters. The molecule has 0 fully saturated rings. The number of benzene rings is 2. The minimum Gasteiger partial charge on any atom is -0.454 e. The highest BCUT2D eigenvalue weighted by Gasteiger charge is 2.13. The molecule has 106 valence electrons. The standard InChI is InChI=1S/C16H17FINO/c1-2-13(19)9-11-5-3-8-15(17)16(11)20-14-7-4-6-12(18)10-14/h3-8,10,13H,2,9,19H2,1H3. The van der Waals surface area contributed by atoms with E-state index in [1.807, 2.05) is 37.3 Å². The van der Waals surface area contributed by atoms with Crippen LogP contribution in [-0.4, -0.2) is 6.04 Å². The zero-order chi connectivity index (χ0) is 14.5. The van der Waals surface area contributed by atoms with E-state index in [0.717, 1.165) is 15.6 Å². The highest BCUT2D eigenvalue weighted by atomic mass is 127. The largest absolute Gasteiger partial charge is 0.454 e. The van der Waals surface area contributed by atoms with Gasteiger partial charge in [0.2, 0.25) is 0 Å². The first kappa shape index (κ1) is 15.3. The van der Waals surface area contributed by atoms with Gasteiger partial charge in [-0.25, -0.2) is 4.39 Å². The Bertz CT molecular complexity index is 588. The molecule has 0 spiro atoms. The molecule has 0 aromatic heterocycles. The van der Waals surface area contributed by atoms with Gasteiger partial charge in [0, 0.05) is 9.61 Å². The summed E-state index contributed by atoms with van der Waals surface area (Å²) >= 11 is 2.20. The number of rotatable bonds is 5. The second-order valence-corrected chi connectivity index (χ2v) is 5.91. The molecule has 2 N–H and O–H groups in total. The lowest BCUT2D eigenvalue weighted by Crippen LogP contribution is -2.21. The fourth-order valence-electron chi connectivity index (χ4n) is 1.90. The first-order valence-corrected chi connectivity index (χ1v) is 7.64. The van der Waals surface area contributed by atoms with Crippen LogP contribution in [-0.2, 0) is 6.42 Å². The van der Waals surface area contributed by atoms with Crippen molar-refractivity contribution < 1.29 is 9.13 Å². The number of hydrogen-bond acceptors (Lipinski definition) is 2. The zero-order valence-corrected chi connectivity index (χ0v) is 13.4. The summed E-state index contributed by atoms with van der Waals surface area (Å²) in [5, 5.41) is 0. The van der Waals surface area contributed by atoms with Gasteiger partial charge in [0.25, 0.3) is 0 Å². The van der Waals surface area contributed by atoms with Crippen LogP contribution in [0.1, 0.15) is 18.9 Å². The molecule has 4 heteroatoms. The van der Waals surface area contributed by atoms with Crippen LogP contribution < -0.4 is 10.5 Å². The van der Waals surface area contributed by atoms with Crippen molar-refractivity contribution in [3.8, 4) is 11.5 Å². The van der Waals surface area contributed by atoms with Crippen molar-refractivity contribution in [2.45, 2.75) is 25.8 Å². The molecule has 0 amide bonds. The van der Waals surface area contributed by atoms with Crippen LogP contribution >= 0.6 is 22.6 Å². The summed E-state index contributed by atoms with van der Waals surface area (Å²) < 4.78 is 20.8. The lowest BCUT2D eigenvalue weighted by molar-refractivity contribution is 0.433. The Balaban J connectivity index is 2.30. The summed E-state index contributed by atoms with van der Waals surface area (Å²) in [7, 11) is 0. The molecule has 0 saturated carbocycles. The van der Waals surface area contributed by atoms with E-state index in [0.29, 0.717) is 12.2 Å². The van der Waals surface area contributed by atoms with Gasteiger partial charge in [0.05, 0.1) is 0 Å². The molecule has 0 saturated heterocycles. The van der Waals surface area contributed by atoms with Crippen LogP contribution in [0.15, 0.2) is 42.5 Å². The average molecular weight is 385 g/mol. The predicted octanol–water partition coefficient (Wildman–Crippen LogP) is 4.50. The van der Waals surface area contributed by atoms with Crippen molar-refractivity contribution >= 4 is 22.6 Å². The van der Waals surface area contributed by atoms with E-state index >= 15 is 0 Å². The van der Waals surface area contributed by atoms with Gasteiger partial charge < -0.3 is 10.5 Å². The fraction of sp³-hybridized carbons (Fsp3) is 0.250. The zero-order valence-electron chi connectivity index (χ0n) is 11.3. The summed E-state index contributed by atoms with van der Waals surface area (Å²) in [5.74, 6) is 0.552. The van der Waals surface area contributed by atoms with Gasteiger partial charge in [-0.3, -0.25) is 0 Å². The van der Waals surface area contributed by atoms with Gasteiger partial charge in [0.1, 0.15) is 5.75 Å². The van der Waals surface area contributed by atoms with E-state index < -0.39 is 0 Å². The van der Waals surface area contributed by atoms with Crippen molar-refractivity contribution in [2.75, 3.05) is 0 Å². The monoisotopic (exact) mass is 385 g/mol. The van der Waals surface area contributed by atoms with Crippen molar-refractivity contribution in [1.29, 1.82) is 0 Å². The summed E-state index contributed by atoms with van der Waals surface area (Å²) in [6.07, 6.45) is 1.45. The Labute approximate surface area is 132 Å². The lowest BCUT2D eigenvalue weighted by Gasteiger charge is -2.15. The molecule has 0 bridgehead atoms. The fourth-order valence-corrected chi connectivity index (χ4v) is 2.42. The SMILES string of the molecule is CCC(N)Cc1cccc(F)c1Oc1cccc(I)c1. The molecule has 0 aliphatic rings. The molecule has 2 nitrogen and oxygen atoms in total. The van der Waals surface area contributed by atoms with Gasteiger partial charge in [-0.1, -0.05) is 25.1 Å². The second kappa shape index (κ2) is 7.04. The quantitative estimate of drug-likeness (QED) is 0.770. The molecule has 0 radical (unpaired) electrons. The summed E-state index contributed by atoms with van der Waals surface area (Å²) in [6, 6.07) is 12.5. The molecule has 1 atom stereocenters.